The molecule has 0 fully saturated rings. The molecule has 0 aliphatic carbocycles. The Bertz CT molecular complexity index is 443. The van der Waals surface area contributed by atoms with E-state index in [1.54, 1.807) is 14.0 Å². The van der Waals surface area contributed by atoms with Crippen molar-refractivity contribution >= 4 is 33.6 Å². The second-order valence-electron chi connectivity index (χ2n) is 4.36. The van der Waals surface area contributed by atoms with Gasteiger partial charge in [0, 0.05) is 23.1 Å². The first-order valence-corrected chi connectivity index (χ1v) is 7.18. The van der Waals surface area contributed by atoms with Crippen molar-refractivity contribution in [2.24, 2.45) is 0 Å². The third kappa shape index (κ3) is 5.01. The van der Waals surface area contributed by atoms with Gasteiger partial charge in [0.2, 0.25) is 0 Å². The van der Waals surface area contributed by atoms with Gasteiger partial charge in [-0.3, -0.25) is 0 Å². The molecule has 106 valence electrons. The van der Waals surface area contributed by atoms with E-state index in [1.165, 1.54) is 4.90 Å². The fourth-order valence-corrected chi connectivity index (χ4v) is 2.13. The highest BCUT2D eigenvalue weighted by molar-refractivity contribution is 9.10. The van der Waals surface area contributed by atoms with Gasteiger partial charge in [0.25, 0.3) is 0 Å². The number of benzene rings is 1. The number of nitrogens with one attached hydrogen (secondary N) is 1. The fraction of sp³-hybridized carbons (Fsp3) is 0.462. The molecule has 0 heterocycles. The number of halogens is 2. The van der Waals surface area contributed by atoms with E-state index in [4.69, 9.17) is 16.7 Å². The van der Waals surface area contributed by atoms with E-state index in [0.717, 1.165) is 10.0 Å². The summed E-state index contributed by atoms with van der Waals surface area (Å²) in [6, 6.07) is 5.18. The van der Waals surface area contributed by atoms with Gasteiger partial charge >= 0.3 is 6.03 Å². The van der Waals surface area contributed by atoms with Crippen LogP contribution in [0.3, 0.4) is 0 Å². The Balaban J connectivity index is 2.46. The van der Waals surface area contributed by atoms with Crippen LogP contribution in [0.15, 0.2) is 22.7 Å². The van der Waals surface area contributed by atoms with Crippen molar-refractivity contribution in [1.82, 2.24) is 10.2 Å². The van der Waals surface area contributed by atoms with Crippen LogP contribution < -0.4 is 5.32 Å². The summed E-state index contributed by atoms with van der Waals surface area (Å²) in [6.45, 7) is 2.25. The highest BCUT2D eigenvalue weighted by Gasteiger charge is 2.14. The number of hydrogen-bond donors (Lipinski definition) is 2. The number of hydrogen-bond acceptors (Lipinski definition) is 2. The summed E-state index contributed by atoms with van der Waals surface area (Å²) in [4.78, 5) is 13.2. The smallest absolute Gasteiger partial charge is 0.317 e. The van der Waals surface area contributed by atoms with Gasteiger partial charge in [-0.25, -0.2) is 4.79 Å². The Kier molecular flexibility index (Phi) is 6.62. The average Bonchev–Trinajstić information content (AvgIpc) is 2.40. The minimum absolute atomic E-state index is 0.0518. The average molecular weight is 350 g/mol. The molecular weight excluding hydrogens is 332 g/mol. The van der Waals surface area contributed by atoms with Crippen LogP contribution in [0.4, 0.5) is 4.79 Å². The number of carbonyl (C=O) groups excluding carboxylic acids is 1. The van der Waals surface area contributed by atoms with E-state index in [1.807, 2.05) is 18.2 Å². The van der Waals surface area contributed by atoms with Crippen molar-refractivity contribution in [2.45, 2.75) is 19.4 Å². The van der Waals surface area contributed by atoms with Crippen molar-refractivity contribution in [3.63, 3.8) is 0 Å². The first-order valence-electron chi connectivity index (χ1n) is 6.01. The zero-order valence-corrected chi connectivity index (χ0v) is 13.3. The largest absolute Gasteiger partial charge is 0.394 e. The fourth-order valence-electron chi connectivity index (χ4n) is 1.49. The van der Waals surface area contributed by atoms with Crippen LogP contribution in [0.5, 0.6) is 0 Å². The third-order valence-electron chi connectivity index (χ3n) is 2.92. The Morgan fingerprint density at radius 3 is 2.89 bits per heavy atom. The van der Waals surface area contributed by atoms with Gasteiger partial charge in [0.05, 0.1) is 12.6 Å². The van der Waals surface area contributed by atoms with Gasteiger partial charge in [0.1, 0.15) is 0 Å². The quantitative estimate of drug-likeness (QED) is 0.858. The number of carbonyl (C=O) groups is 1. The summed E-state index contributed by atoms with van der Waals surface area (Å²) in [6.07, 6.45) is 0.689. The van der Waals surface area contributed by atoms with Crippen LogP contribution in [0.1, 0.15) is 12.5 Å². The summed E-state index contributed by atoms with van der Waals surface area (Å²) in [7, 11) is 1.66. The van der Waals surface area contributed by atoms with Gasteiger partial charge in [0.15, 0.2) is 0 Å². The summed E-state index contributed by atoms with van der Waals surface area (Å²) in [5, 5.41) is 12.5. The van der Waals surface area contributed by atoms with Gasteiger partial charge in [-0.2, -0.15) is 0 Å². The minimum Gasteiger partial charge on any atom is -0.394 e. The lowest BCUT2D eigenvalue weighted by molar-refractivity contribution is 0.157. The second-order valence-corrected chi connectivity index (χ2v) is 5.65. The number of urea groups is 1. The van der Waals surface area contributed by atoms with Crippen molar-refractivity contribution in [1.29, 1.82) is 0 Å². The molecular formula is C13H18BrClN2O2. The van der Waals surface area contributed by atoms with E-state index in [2.05, 4.69) is 21.2 Å². The first-order chi connectivity index (χ1) is 8.95. The van der Waals surface area contributed by atoms with Crippen molar-refractivity contribution in [3.05, 3.63) is 33.3 Å². The molecule has 4 nitrogen and oxygen atoms in total. The maximum Gasteiger partial charge on any atom is 0.317 e. The Morgan fingerprint density at radius 2 is 2.26 bits per heavy atom. The van der Waals surface area contributed by atoms with Gasteiger partial charge < -0.3 is 15.3 Å². The number of nitrogens with zero attached hydrogens (tertiary/aromatic N) is 1. The predicted octanol–water partition coefficient (Wildman–Crippen LogP) is 2.67. The molecule has 2 N–H and O–H groups in total. The van der Waals surface area contributed by atoms with E-state index in [9.17, 15) is 4.79 Å². The van der Waals surface area contributed by atoms with Crippen LogP contribution >= 0.6 is 27.5 Å². The molecule has 6 heteroatoms. The summed E-state index contributed by atoms with van der Waals surface area (Å²) >= 11 is 9.37. The van der Waals surface area contributed by atoms with E-state index >= 15 is 0 Å². The Hall–Kier alpha value is -0.780. The Labute approximate surface area is 126 Å². The van der Waals surface area contributed by atoms with Crippen LogP contribution in [-0.2, 0) is 6.42 Å². The first kappa shape index (κ1) is 16.3. The normalized spacial score (nSPS) is 12.1. The van der Waals surface area contributed by atoms with Gasteiger partial charge in [-0.15, -0.1) is 0 Å². The SMILES string of the molecule is CC(CO)N(C)C(=O)NCCc1cc(Cl)ccc1Br. The van der Waals surface area contributed by atoms with Crippen molar-refractivity contribution in [2.75, 3.05) is 20.2 Å². The highest BCUT2D eigenvalue weighted by Crippen LogP contribution is 2.21. The molecule has 1 unspecified atom stereocenters. The summed E-state index contributed by atoms with van der Waals surface area (Å²) < 4.78 is 0.975. The molecule has 2 amide bonds. The molecule has 0 saturated heterocycles. The molecule has 0 saturated carbocycles. The minimum atomic E-state index is -0.196. The molecule has 19 heavy (non-hydrogen) atoms. The van der Waals surface area contributed by atoms with Crippen LogP contribution in [0.25, 0.3) is 0 Å². The molecule has 1 aromatic rings. The molecule has 0 aliphatic heterocycles. The van der Waals surface area contributed by atoms with E-state index in [-0.39, 0.29) is 18.7 Å². The number of likely N-dealkylation sites (N-methyl/N-ethyl adjacent to an activating group) is 1. The van der Waals surface area contributed by atoms with Crippen molar-refractivity contribution < 1.29 is 9.90 Å². The van der Waals surface area contributed by atoms with Crippen molar-refractivity contribution in [3.8, 4) is 0 Å². The molecule has 0 bridgehead atoms. The maximum atomic E-state index is 11.8. The lowest BCUT2D eigenvalue weighted by atomic mass is 10.1. The lowest BCUT2D eigenvalue weighted by Crippen LogP contribution is -2.44. The molecule has 0 spiro atoms. The zero-order chi connectivity index (χ0) is 14.4. The highest BCUT2D eigenvalue weighted by atomic mass is 79.9. The third-order valence-corrected chi connectivity index (χ3v) is 3.93. The molecule has 0 aromatic heterocycles. The van der Waals surface area contributed by atoms with Crippen LogP contribution in [0, 0.1) is 0 Å². The molecule has 1 atom stereocenters. The standard InChI is InChI=1S/C13H18BrClN2O2/c1-9(8-18)17(2)13(19)16-6-5-10-7-11(15)3-4-12(10)14/h3-4,7,9,18H,5-6,8H2,1-2H3,(H,16,19). The molecule has 0 aliphatic rings. The zero-order valence-electron chi connectivity index (χ0n) is 11.0. The predicted molar refractivity (Wildman–Crippen MR) is 80.6 cm³/mol. The maximum absolute atomic E-state index is 11.8. The molecule has 1 rings (SSSR count). The topological polar surface area (TPSA) is 52.6 Å². The van der Waals surface area contributed by atoms with Crippen LogP contribution in [-0.4, -0.2) is 42.3 Å². The lowest BCUT2D eigenvalue weighted by Gasteiger charge is -2.23. The van der Waals surface area contributed by atoms with Gasteiger partial charge in [-0.05, 0) is 37.1 Å². The summed E-state index contributed by atoms with van der Waals surface area (Å²) in [5.74, 6) is 0. The van der Waals surface area contributed by atoms with Crippen LogP contribution in [0.2, 0.25) is 5.02 Å². The van der Waals surface area contributed by atoms with Gasteiger partial charge in [-0.1, -0.05) is 27.5 Å². The monoisotopic (exact) mass is 348 g/mol. The Morgan fingerprint density at radius 1 is 1.58 bits per heavy atom. The number of aliphatic hydroxyl groups excluding tert-OH is 1. The molecule has 1 aromatic carbocycles. The van der Waals surface area contributed by atoms with E-state index < -0.39 is 0 Å². The summed E-state index contributed by atoms with van der Waals surface area (Å²) in [5.41, 5.74) is 1.05. The number of amides is 2. The number of rotatable bonds is 5. The van der Waals surface area contributed by atoms with E-state index in [0.29, 0.717) is 18.0 Å². The molecule has 0 radical (unpaired) electrons. The number of aliphatic hydroxyl groups is 1. The second kappa shape index (κ2) is 7.72.